The van der Waals surface area contributed by atoms with E-state index in [2.05, 4.69) is 38.1 Å². The summed E-state index contributed by atoms with van der Waals surface area (Å²) in [4.78, 5) is 0. The standard InChI is InChI=1S/C18H24O/c1-13-3-5-14(6-4-13)15-7-9-16(10-8-15)18-11-17(2,12-18)19-18/h7-10,13-14H,3-6,11-12H2,1-2H3. The molecule has 0 aromatic heterocycles. The van der Waals surface area contributed by atoms with Gasteiger partial charge in [-0.2, -0.15) is 0 Å². The van der Waals surface area contributed by atoms with Crippen LogP contribution in [0.4, 0.5) is 0 Å². The number of hydrogen-bond acceptors (Lipinski definition) is 1. The second kappa shape index (κ2) is 3.85. The zero-order valence-electron chi connectivity index (χ0n) is 12.1. The molecule has 0 radical (unpaired) electrons. The molecule has 102 valence electrons. The van der Waals surface area contributed by atoms with Crippen LogP contribution in [0, 0.1) is 5.92 Å². The Morgan fingerprint density at radius 1 is 1.00 bits per heavy atom. The van der Waals surface area contributed by atoms with Crippen LogP contribution >= 0.6 is 0 Å². The van der Waals surface area contributed by atoms with Crippen LogP contribution in [0.25, 0.3) is 0 Å². The lowest BCUT2D eigenvalue weighted by atomic mass is 9.57. The lowest BCUT2D eigenvalue weighted by Gasteiger charge is -2.68. The van der Waals surface area contributed by atoms with Crippen molar-refractivity contribution in [2.45, 2.75) is 69.5 Å². The van der Waals surface area contributed by atoms with Crippen LogP contribution in [0.2, 0.25) is 0 Å². The SMILES string of the molecule is CC1CCC(c2ccc(C34CC(C)(C3)O4)cc2)CC1. The van der Waals surface area contributed by atoms with Crippen LogP contribution in [0.1, 0.15) is 69.4 Å². The number of rotatable bonds is 2. The second-order valence-electron chi connectivity index (χ2n) is 7.48. The number of benzene rings is 1. The molecule has 5 rings (SSSR count). The molecule has 0 unspecified atom stereocenters. The largest absolute Gasteiger partial charge is 0.364 e. The minimum Gasteiger partial charge on any atom is -0.364 e. The van der Waals surface area contributed by atoms with Crippen LogP contribution < -0.4 is 0 Å². The monoisotopic (exact) mass is 256 g/mol. The first-order chi connectivity index (χ1) is 9.09. The van der Waals surface area contributed by atoms with Crippen LogP contribution in [-0.2, 0) is 10.3 Å². The van der Waals surface area contributed by atoms with Gasteiger partial charge in [-0.15, -0.1) is 0 Å². The Kier molecular flexibility index (Phi) is 2.42. The van der Waals surface area contributed by atoms with Crippen molar-refractivity contribution in [2.24, 2.45) is 5.92 Å². The predicted molar refractivity (Wildman–Crippen MR) is 77.2 cm³/mol. The van der Waals surface area contributed by atoms with Gasteiger partial charge in [0.25, 0.3) is 0 Å². The van der Waals surface area contributed by atoms with Gasteiger partial charge in [0.2, 0.25) is 0 Å². The molecule has 4 aliphatic rings. The topological polar surface area (TPSA) is 9.23 Å². The van der Waals surface area contributed by atoms with E-state index < -0.39 is 0 Å². The molecule has 0 amide bonds. The third kappa shape index (κ3) is 1.78. The van der Waals surface area contributed by atoms with Crippen molar-refractivity contribution >= 4 is 0 Å². The second-order valence-corrected chi connectivity index (χ2v) is 7.48. The fourth-order valence-electron chi connectivity index (χ4n) is 4.53. The maximum absolute atomic E-state index is 5.99. The average molecular weight is 256 g/mol. The van der Waals surface area contributed by atoms with Gasteiger partial charge >= 0.3 is 0 Å². The van der Waals surface area contributed by atoms with E-state index in [9.17, 15) is 0 Å². The van der Waals surface area contributed by atoms with Crippen molar-refractivity contribution in [1.29, 1.82) is 0 Å². The van der Waals surface area contributed by atoms with Crippen molar-refractivity contribution in [3.63, 3.8) is 0 Å². The Labute approximate surface area is 116 Å². The molecular weight excluding hydrogens is 232 g/mol. The highest BCUT2D eigenvalue weighted by atomic mass is 16.6. The van der Waals surface area contributed by atoms with Crippen molar-refractivity contribution in [3.8, 4) is 0 Å². The number of ether oxygens (including phenoxy) is 1. The molecule has 2 saturated carbocycles. The molecule has 2 aliphatic heterocycles. The molecule has 1 aromatic rings. The van der Waals surface area contributed by atoms with Crippen molar-refractivity contribution < 1.29 is 4.74 Å². The van der Waals surface area contributed by atoms with Gasteiger partial charge in [-0.25, -0.2) is 0 Å². The smallest absolute Gasteiger partial charge is 0.0993 e. The van der Waals surface area contributed by atoms with Crippen molar-refractivity contribution in [1.82, 2.24) is 0 Å². The average Bonchev–Trinajstić information content (AvgIpc) is 2.35. The van der Waals surface area contributed by atoms with Gasteiger partial charge in [-0.3, -0.25) is 0 Å². The summed E-state index contributed by atoms with van der Waals surface area (Å²) >= 11 is 0. The van der Waals surface area contributed by atoms with E-state index in [-0.39, 0.29) is 11.2 Å². The molecule has 2 saturated heterocycles. The molecule has 19 heavy (non-hydrogen) atoms. The summed E-state index contributed by atoms with van der Waals surface area (Å²) in [7, 11) is 0. The molecule has 1 nitrogen and oxygen atoms in total. The maximum atomic E-state index is 5.99. The van der Waals surface area contributed by atoms with Crippen molar-refractivity contribution in [2.75, 3.05) is 0 Å². The van der Waals surface area contributed by atoms with E-state index in [1.165, 1.54) is 44.1 Å². The van der Waals surface area contributed by atoms with E-state index in [1.807, 2.05) is 0 Å². The van der Waals surface area contributed by atoms with E-state index in [1.54, 1.807) is 5.56 Å². The van der Waals surface area contributed by atoms with Gasteiger partial charge < -0.3 is 4.74 Å². The summed E-state index contributed by atoms with van der Waals surface area (Å²) in [6.07, 6.45) is 8.00. The third-order valence-corrected chi connectivity index (χ3v) is 5.68. The first kappa shape index (κ1) is 12.0. The molecule has 4 fully saturated rings. The van der Waals surface area contributed by atoms with Gasteiger partial charge in [-0.05, 0) is 42.7 Å². The first-order valence-corrected chi connectivity index (χ1v) is 7.89. The zero-order chi connectivity index (χ0) is 13.1. The Bertz CT molecular complexity index is 459. The lowest BCUT2D eigenvalue weighted by molar-refractivity contribution is -0.392. The van der Waals surface area contributed by atoms with Crippen LogP contribution in [0.5, 0.6) is 0 Å². The van der Waals surface area contributed by atoms with Gasteiger partial charge in [0, 0.05) is 12.8 Å². The summed E-state index contributed by atoms with van der Waals surface area (Å²) in [6.45, 7) is 4.62. The predicted octanol–water partition coefficient (Wildman–Crippen LogP) is 4.76. The van der Waals surface area contributed by atoms with E-state index in [0.717, 1.165) is 11.8 Å². The molecule has 1 heteroatoms. The molecule has 0 spiro atoms. The highest BCUT2D eigenvalue weighted by molar-refractivity contribution is 5.36. The fourth-order valence-corrected chi connectivity index (χ4v) is 4.53. The van der Waals surface area contributed by atoms with Gasteiger partial charge in [-0.1, -0.05) is 44.0 Å². The molecule has 0 N–H and O–H groups in total. The minimum absolute atomic E-state index is 0.106. The van der Waals surface area contributed by atoms with E-state index >= 15 is 0 Å². The highest BCUT2D eigenvalue weighted by Crippen LogP contribution is 2.66. The van der Waals surface area contributed by atoms with Crippen LogP contribution in [0.3, 0.4) is 0 Å². The summed E-state index contributed by atoms with van der Waals surface area (Å²) in [5.41, 5.74) is 3.28. The fraction of sp³-hybridized carbons (Fsp3) is 0.667. The van der Waals surface area contributed by atoms with Crippen LogP contribution in [0.15, 0.2) is 24.3 Å². The van der Waals surface area contributed by atoms with Crippen LogP contribution in [-0.4, -0.2) is 5.60 Å². The normalized spacial score (nSPS) is 44.3. The quantitative estimate of drug-likeness (QED) is 0.741. The summed E-state index contributed by atoms with van der Waals surface area (Å²) < 4.78 is 5.99. The Morgan fingerprint density at radius 3 is 2.11 bits per heavy atom. The Morgan fingerprint density at radius 2 is 1.58 bits per heavy atom. The summed E-state index contributed by atoms with van der Waals surface area (Å²) in [5, 5.41) is 0. The Hall–Kier alpha value is -0.820. The van der Waals surface area contributed by atoms with E-state index in [4.69, 9.17) is 4.74 Å². The zero-order valence-corrected chi connectivity index (χ0v) is 12.1. The number of hydrogen-bond donors (Lipinski definition) is 0. The first-order valence-electron chi connectivity index (χ1n) is 7.89. The van der Waals surface area contributed by atoms with Gasteiger partial charge in [0.05, 0.1) is 11.2 Å². The minimum atomic E-state index is 0.106. The molecule has 1 aromatic carbocycles. The Balaban J connectivity index is 1.48. The molecule has 2 bridgehead atoms. The van der Waals surface area contributed by atoms with Crippen molar-refractivity contribution in [3.05, 3.63) is 35.4 Å². The highest BCUT2D eigenvalue weighted by Gasteiger charge is 2.67. The molecular formula is C18H24O. The van der Waals surface area contributed by atoms with Gasteiger partial charge in [0.15, 0.2) is 0 Å². The molecule has 2 aliphatic carbocycles. The third-order valence-electron chi connectivity index (χ3n) is 5.68. The summed E-state index contributed by atoms with van der Waals surface area (Å²) in [6, 6.07) is 9.38. The maximum Gasteiger partial charge on any atom is 0.0993 e. The molecule has 0 atom stereocenters. The lowest BCUT2D eigenvalue weighted by Crippen LogP contribution is -2.70. The summed E-state index contributed by atoms with van der Waals surface area (Å²) in [5.74, 6) is 1.74. The molecule has 2 heterocycles. The van der Waals surface area contributed by atoms with E-state index in [0.29, 0.717) is 0 Å². The van der Waals surface area contributed by atoms with Gasteiger partial charge in [0.1, 0.15) is 0 Å².